The largest absolute Gasteiger partial charge is 0.369 e. The van der Waals surface area contributed by atoms with E-state index in [1.54, 1.807) is 11.3 Å². The summed E-state index contributed by atoms with van der Waals surface area (Å²) in [7, 11) is -2.85. The summed E-state index contributed by atoms with van der Waals surface area (Å²) in [5.74, 6) is 0.489. The molecule has 0 amide bonds. The first-order valence-electron chi connectivity index (χ1n) is 9.63. The second-order valence-corrected chi connectivity index (χ2v) is 11.0. The van der Waals surface area contributed by atoms with Crippen LogP contribution in [0.5, 0.6) is 0 Å². The summed E-state index contributed by atoms with van der Waals surface area (Å²) >= 11 is 1.79. The molecule has 3 aromatic rings. The summed E-state index contributed by atoms with van der Waals surface area (Å²) in [5, 5.41) is 1.21. The molecule has 1 saturated heterocycles. The normalized spacial score (nSPS) is 20.1. The molecule has 1 aliphatic heterocycles. The van der Waals surface area contributed by atoms with Crippen molar-refractivity contribution >= 4 is 26.9 Å². The first-order chi connectivity index (χ1) is 13.6. The number of rotatable bonds is 4. The maximum atomic E-state index is 11.6. The smallest absolute Gasteiger partial charge is 0.153 e. The fourth-order valence-corrected chi connectivity index (χ4v) is 6.34. The zero-order chi connectivity index (χ0) is 19.2. The van der Waals surface area contributed by atoms with E-state index in [0.29, 0.717) is 13.1 Å². The van der Waals surface area contributed by atoms with Gasteiger partial charge in [0.15, 0.2) is 9.84 Å². The van der Waals surface area contributed by atoms with Gasteiger partial charge in [-0.1, -0.05) is 42.5 Å². The molecule has 0 unspecified atom stereocenters. The Balaban J connectivity index is 1.35. The molecule has 2 fully saturated rings. The summed E-state index contributed by atoms with van der Waals surface area (Å²) in [6.45, 7) is 1.15. The van der Waals surface area contributed by atoms with Crippen molar-refractivity contribution in [1.29, 1.82) is 0 Å². The third-order valence-corrected chi connectivity index (χ3v) is 8.71. The van der Waals surface area contributed by atoms with Crippen LogP contribution in [0.15, 0.2) is 60.8 Å². The van der Waals surface area contributed by atoms with Crippen molar-refractivity contribution in [2.75, 3.05) is 29.5 Å². The first kappa shape index (κ1) is 17.9. The van der Waals surface area contributed by atoms with Crippen molar-refractivity contribution in [3.63, 3.8) is 0 Å². The van der Waals surface area contributed by atoms with Crippen LogP contribution >= 0.6 is 11.3 Å². The highest BCUT2D eigenvalue weighted by Crippen LogP contribution is 2.55. The number of hydrogen-bond acceptors (Lipinski definition) is 5. The van der Waals surface area contributed by atoms with Gasteiger partial charge in [0.25, 0.3) is 0 Å². The Morgan fingerprint density at radius 3 is 2.25 bits per heavy atom. The number of hydrogen-bond donors (Lipinski definition) is 0. The highest BCUT2D eigenvalue weighted by Gasteiger charge is 2.48. The van der Waals surface area contributed by atoms with Gasteiger partial charge in [-0.15, -0.1) is 11.3 Å². The molecule has 2 aliphatic rings. The monoisotopic (exact) mass is 410 g/mol. The Hall–Kier alpha value is -2.18. The lowest BCUT2D eigenvalue weighted by Crippen LogP contribution is -2.40. The molecule has 2 aromatic carbocycles. The van der Waals surface area contributed by atoms with Gasteiger partial charge in [0.05, 0.1) is 16.4 Å². The highest BCUT2D eigenvalue weighted by molar-refractivity contribution is 7.91. The molecule has 5 rings (SSSR count). The van der Waals surface area contributed by atoms with Crippen LogP contribution in [0.1, 0.15) is 23.4 Å². The molecular weight excluding hydrogens is 388 g/mol. The van der Waals surface area contributed by atoms with Crippen LogP contribution in [0.3, 0.4) is 0 Å². The lowest BCUT2D eigenvalue weighted by atomic mass is 9.97. The van der Waals surface area contributed by atoms with Gasteiger partial charge in [-0.2, -0.15) is 0 Å². The molecule has 0 N–H and O–H groups in total. The number of aromatic nitrogens is 1. The van der Waals surface area contributed by atoms with E-state index in [2.05, 4.69) is 59.5 Å². The average molecular weight is 411 g/mol. The van der Waals surface area contributed by atoms with E-state index in [-0.39, 0.29) is 16.9 Å². The predicted octanol–water partition coefficient (Wildman–Crippen LogP) is 4.12. The molecule has 28 heavy (non-hydrogen) atoms. The van der Waals surface area contributed by atoms with Crippen LogP contribution in [0.4, 0.5) is 5.69 Å². The van der Waals surface area contributed by atoms with E-state index in [1.165, 1.54) is 33.9 Å². The molecule has 0 bridgehead atoms. The quantitative estimate of drug-likeness (QED) is 0.649. The van der Waals surface area contributed by atoms with Crippen LogP contribution in [0.2, 0.25) is 0 Å². The fourth-order valence-electron chi connectivity index (χ4n) is 3.94. The van der Waals surface area contributed by atoms with Gasteiger partial charge in [-0.25, -0.2) is 13.4 Å². The first-order valence-corrected chi connectivity index (χ1v) is 12.3. The third kappa shape index (κ3) is 3.25. The van der Waals surface area contributed by atoms with Gasteiger partial charge in [0.1, 0.15) is 5.01 Å². The van der Waals surface area contributed by atoms with E-state index >= 15 is 0 Å². The van der Waals surface area contributed by atoms with E-state index in [0.717, 1.165) is 5.69 Å². The lowest BCUT2D eigenvalue weighted by Gasteiger charge is -2.28. The Morgan fingerprint density at radius 1 is 0.929 bits per heavy atom. The summed E-state index contributed by atoms with van der Waals surface area (Å²) in [6, 6.07) is 19.1. The summed E-state index contributed by atoms with van der Waals surface area (Å²) in [4.78, 5) is 8.11. The topological polar surface area (TPSA) is 50.3 Å². The maximum absolute atomic E-state index is 11.6. The number of benzene rings is 2. The van der Waals surface area contributed by atoms with Gasteiger partial charge in [0, 0.05) is 30.4 Å². The van der Waals surface area contributed by atoms with Crippen LogP contribution in [-0.2, 0) is 15.3 Å². The number of sulfone groups is 1. The van der Waals surface area contributed by atoms with Gasteiger partial charge < -0.3 is 4.90 Å². The standard InChI is InChI=1S/C22H22N2O2S2/c25-28(26)14-12-24(13-15-28)19-8-6-17(7-9-19)20-16-23-21(27-20)22(10-11-22)18-4-2-1-3-5-18/h1-9,16H,10-15H2. The molecule has 6 heteroatoms. The van der Waals surface area contributed by atoms with Crippen molar-refractivity contribution in [2.45, 2.75) is 18.3 Å². The zero-order valence-corrected chi connectivity index (χ0v) is 17.2. The number of thiazole rings is 1. The zero-order valence-electron chi connectivity index (χ0n) is 15.5. The van der Waals surface area contributed by atoms with Crippen LogP contribution in [0.25, 0.3) is 10.4 Å². The van der Waals surface area contributed by atoms with E-state index in [1.807, 2.05) is 6.20 Å². The second kappa shape index (κ2) is 6.71. The van der Waals surface area contributed by atoms with E-state index in [9.17, 15) is 8.42 Å². The minimum atomic E-state index is -2.85. The van der Waals surface area contributed by atoms with Crippen molar-refractivity contribution in [2.24, 2.45) is 0 Å². The molecule has 1 saturated carbocycles. The third-order valence-electron chi connectivity index (χ3n) is 5.85. The number of nitrogens with zero attached hydrogens (tertiary/aromatic N) is 2. The molecule has 0 radical (unpaired) electrons. The molecule has 4 nitrogen and oxygen atoms in total. The Bertz CT molecular complexity index is 1070. The molecule has 0 atom stereocenters. The van der Waals surface area contributed by atoms with Crippen molar-refractivity contribution in [3.05, 3.63) is 71.4 Å². The SMILES string of the molecule is O=S1(=O)CCN(c2ccc(-c3cnc(C4(c5ccccc5)CC4)s3)cc2)CC1. The minimum absolute atomic E-state index is 0.114. The minimum Gasteiger partial charge on any atom is -0.369 e. The molecule has 0 spiro atoms. The van der Waals surface area contributed by atoms with Crippen molar-refractivity contribution < 1.29 is 8.42 Å². The van der Waals surface area contributed by atoms with E-state index in [4.69, 9.17) is 4.98 Å². The molecule has 144 valence electrons. The second-order valence-electron chi connectivity index (χ2n) is 7.66. The maximum Gasteiger partial charge on any atom is 0.153 e. The van der Waals surface area contributed by atoms with Crippen LogP contribution in [-0.4, -0.2) is 38.0 Å². The fraction of sp³-hybridized carbons (Fsp3) is 0.318. The van der Waals surface area contributed by atoms with Gasteiger partial charge >= 0.3 is 0 Å². The summed E-state index contributed by atoms with van der Waals surface area (Å²) < 4.78 is 23.3. The molecular formula is C22H22N2O2S2. The summed E-state index contributed by atoms with van der Waals surface area (Å²) in [5.41, 5.74) is 3.74. The van der Waals surface area contributed by atoms with Crippen LogP contribution < -0.4 is 4.90 Å². The summed E-state index contributed by atoms with van der Waals surface area (Å²) in [6.07, 6.45) is 4.33. The van der Waals surface area contributed by atoms with Gasteiger partial charge in [0.2, 0.25) is 0 Å². The molecule has 1 aliphatic carbocycles. The van der Waals surface area contributed by atoms with E-state index < -0.39 is 9.84 Å². The molecule has 2 heterocycles. The van der Waals surface area contributed by atoms with Crippen LogP contribution in [0, 0.1) is 0 Å². The Kier molecular flexibility index (Phi) is 4.29. The van der Waals surface area contributed by atoms with Gasteiger partial charge in [-0.3, -0.25) is 0 Å². The lowest BCUT2D eigenvalue weighted by molar-refractivity contribution is 0.587. The highest BCUT2D eigenvalue weighted by atomic mass is 32.2. The Morgan fingerprint density at radius 2 is 1.61 bits per heavy atom. The van der Waals surface area contributed by atoms with Gasteiger partial charge in [-0.05, 0) is 36.1 Å². The average Bonchev–Trinajstić information content (AvgIpc) is 3.38. The van der Waals surface area contributed by atoms with Crippen molar-refractivity contribution in [3.8, 4) is 10.4 Å². The van der Waals surface area contributed by atoms with Crippen molar-refractivity contribution in [1.82, 2.24) is 4.98 Å². The predicted molar refractivity (Wildman–Crippen MR) is 115 cm³/mol. The Labute approximate surface area is 169 Å². The number of anilines is 1. The molecule has 1 aromatic heterocycles.